The van der Waals surface area contributed by atoms with Crippen molar-refractivity contribution in [2.24, 2.45) is 5.92 Å². The summed E-state index contributed by atoms with van der Waals surface area (Å²) in [5.74, 6) is 0.702. The fourth-order valence-electron chi connectivity index (χ4n) is 2.83. The molecule has 21 heavy (non-hydrogen) atoms. The van der Waals surface area contributed by atoms with Crippen LogP contribution >= 0.6 is 11.3 Å². The lowest BCUT2D eigenvalue weighted by Crippen LogP contribution is -2.38. The van der Waals surface area contributed by atoms with E-state index in [1.807, 2.05) is 13.0 Å². The molecular weight excluding hydrogens is 304 g/mol. The van der Waals surface area contributed by atoms with Crippen molar-refractivity contribution in [2.75, 3.05) is 19.6 Å². The van der Waals surface area contributed by atoms with Crippen molar-refractivity contribution >= 4 is 21.4 Å². The van der Waals surface area contributed by atoms with Gasteiger partial charge in [0.15, 0.2) is 0 Å². The Labute approximate surface area is 132 Å². The third-order valence-electron chi connectivity index (χ3n) is 4.09. The summed E-state index contributed by atoms with van der Waals surface area (Å²) >= 11 is 1.52. The number of hydrogen-bond donors (Lipinski definition) is 1. The molecule has 120 valence electrons. The maximum atomic E-state index is 12.7. The van der Waals surface area contributed by atoms with Crippen LogP contribution in [0.25, 0.3) is 0 Å². The molecule has 0 spiro atoms. The van der Waals surface area contributed by atoms with Crippen LogP contribution in [-0.4, -0.2) is 32.4 Å². The van der Waals surface area contributed by atoms with Crippen molar-refractivity contribution in [3.05, 3.63) is 16.3 Å². The predicted octanol–water partition coefficient (Wildman–Crippen LogP) is 3.06. The molecule has 1 N–H and O–H groups in total. The van der Waals surface area contributed by atoms with Gasteiger partial charge in [0.1, 0.15) is 0 Å². The molecule has 1 aromatic rings. The molecule has 0 radical (unpaired) electrons. The quantitative estimate of drug-likeness (QED) is 0.836. The Morgan fingerprint density at radius 2 is 2.05 bits per heavy atom. The van der Waals surface area contributed by atoms with Crippen LogP contribution in [0, 0.1) is 5.92 Å². The minimum absolute atomic E-state index is 0.467. The molecule has 1 aliphatic rings. The monoisotopic (exact) mass is 330 g/mol. The molecule has 1 aromatic heterocycles. The summed E-state index contributed by atoms with van der Waals surface area (Å²) in [5, 5.41) is 5.01. The van der Waals surface area contributed by atoms with Gasteiger partial charge in [-0.1, -0.05) is 26.7 Å². The number of sulfonamides is 1. The van der Waals surface area contributed by atoms with Gasteiger partial charge in [0.2, 0.25) is 10.0 Å². The summed E-state index contributed by atoms with van der Waals surface area (Å²) < 4.78 is 27.0. The number of piperidine rings is 1. The fraction of sp³-hybridized carbons (Fsp3) is 0.733. The standard InChI is InChI=1S/C15H26N2O2S2/c1-3-5-13-6-8-17(9-7-13)21(18,19)15-10-14(20-12-15)11-16-4-2/h10,12-13,16H,3-9,11H2,1-2H3. The van der Waals surface area contributed by atoms with E-state index in [0.717, 1.165) is 30.8 Å². The van der Waals surface area contributed by atoms with Gasteiger partial charge in [0.05, 0.1) is 4.90 Å². The topological polar surface area (TPSA) is 49.4 Å². The van der Waals surface area contributed by atoms with Crippen molar-refractivity contribution in [1.29, 1.82) is 0 Å². The van der Waals surface area contributed by atoms with E-state index < -0.39 is 10.0 Å². The zero-order valence-electron chi connectivity index (χ0n) is 13.0. The molecule has 4 nitrogen and oxygen atoms in total. The van der Waals surface area contributed by atoms with Crippen molar-refractivity contribution in [3.63, 3.8) is 0 Å². The lowest BCUT2D eigenvalue weighted by atomic mass is 9.94. The van der Waals surface area contributed by atoms with E-state index in [2.05, 4.69) is 12.2 Å². The maximum Gasteiger partial charge on any atom is 0.243 e. The summed E-state index contributed by atoms with van der Waals surface area (Å²) in [6, 6.07) is 1.82. The van der Waals surface area contributed by atoms with Gasteiger partial charge in [-0.3, -0.25) is 0 Å². The minimum Gasteiger partial charge on any atom is -0.312 e. The summed E-state index contributed by atoms with van der Waals surface area (Å²) in [4.78, 5) is 1.55. The highest BCUT2D eigenvalue weighted by Gasteiger charge is 2.29. The van der Waals surface area contributed by atoms with Crippen molar-refractivity contribution < 1.29 is 8.42 Å². The smallest absolute Gasteiger partial charge is 0.243 e. The van der Waals surface area contributed by atoms with Gasteiger partial charge in [0, 0.05) is 29.9 Å². The molecule has 6 heteroatoms. The first-order chi connectivity index (χ1) is 10.1. The number of thiophene rings is 1. The molecule has 2 heterocycles. The first-order valence-electron chi connectivity index (χ1n) is 7.86. The van der Waals surface area contributed by atoms with Gasteiger partial charge in [-0.2, -0.15) is 4.31 Å². The van der Waals surface area contributed by atoms with Gasteiger partial charge >= 0.3 is 0 Å². The first-order valence-corrected chi connectivity index (χ1v) is 10.2. The van der Waals surface area contributed by atoms with Gasteiger partial charge in [-0.05, 0) is 31.4 Å². The number of nitrogens with zero attached hydrogens (tertiary/aromatic N) is 1. The van der Waals surface area contributed by atoms with Gasteiger partial charge in [-0.25, -0.2) is 8.42 Å². The molecule has 0 aliphatic carbocycles. The SMILES string of the molecule is CCCC1CCN(S(=O)(=O)c2csc(CNCC)c2)CC1. The Morgan fingerprint density at radius 3 is 2.67 bits per heavy atom. The Hall–Kier alpha value is -0.430. The van der Waals surface area contributed by atoms with Crippen LogP contribution in [0.4, 0.5) is 0 Å². The number of nitrogens with one attached hydrogen (secondary N) is 1. The highest BCUT2D eigenvalue weighted by Crippen LogP contribution is 2.28. The minimum atomic E-state index is -3.29. The summed E-state index contributed by atoms with van der Waals surface area (Å²) in [6.07, 6.45) is 4.41. The summed E-state index contributed by atoms with van der Waals surface area (Å²) in [7, 11) is -3.29. The third-order valence-corrected chi connectivity index (χ3v) is 7.05. The average Bonchev–Trinajstić information content (AvgIpc) is 2.96. The van der Waals surface area contributed by atoms with Gasteiger partial charge in [-0.15, -0.1) is 11.3 Å². The second-order valence-electron chi connectivity index (χ2n) is 5.67. The molecule has 0 bridgehead atoms. The second kappa shape index (κ2) is 7.72. The molecule has 0 amide bonds. The molecule has 0 unspecified atom stereocenters. The van der Waals surface area contributed by atoms with Crippen molar-refractivity contribution in [3.8, 4) is 0 Å². The van der Waals surface area contributed by atoms with E-state index in [9.17, 15) is 8.42 Å². The normalized spacial score (nSPS) is 18.2. The molecule has 0 saturated carbocycles. The molecular formula is C15H26N2O2S2. The Morgan fingerprint density at radius 1 is 1.33 bits per heavy atom. The fourth-order valence-corrected chi connectivity index (χ4v) is 5.53. The average molecular weight is 331 g/mol. The van der Waals surface area contributed by atoms with Crippen LogP contribution in [0.15, 0.2) is 16.3 Å². The van der Waals surface area contributed by atoms with E-state index in [-0.39, 0.29) is 0 Å². The lowest BCUT2D eigenvalue weighted by Gasteiger charge is -2.30. The summed E-state index contributed by atoms with van der Waals surface area (Å²) in [5.41, 5.74) is 0. The first kappa shape index (κ1) is 16.9. The Kier molecular flexibility index (Phi) is 6.22. The van der Waals surface area contributed by atoms with E-state index >= 15 is 0 Å². The van der Waals surface area contributed by atoms with Gasteiger partial charge in [0.25, 0.3) is 0 Å². The van der Waals surface area contributed by atoms with Crippen LogP contribution < -0.4 is 5.32 Å². The zero-order chi connectivity index (χ0) is 15.3. The number of rotatable bonds is 7. The highest BCUT2D eigenvalue weighted by atomic mass is 32.2. The second-order valence-corrected chi connectivity index (χ2v) is 8.60. The highest BCUT2D eigenvalue weighted by molar-refractivity contribution is 7.89. The maximum absolute atomic E-state index is 12.7. The van der Waals surface area contributed by atoms with Crippen LogP contribution in [0.5, 0.6) is 0 Å². The van der Waals surface area contributed by atoms with E-state index in [0.29, 0.717) is 23.9 Å². The predicted molar refractivity (Wildman–Crippen MR) is 88.1 cm³/mol. The van der Waals surface area contributed by atoms with E-state index in [1.165, 1.54) is 24.2 Å². The van der Waals surface area contributed by atoms with Crippen molar-refractivity contribution in [1.82, 2.24) is 9.62 Å². The van der Waals surface area contributed by atoms with Gasteiger partial charge < -0.3 is 5.32 Å². The Balaban J connectivity index is 2.00. The Bertz CT molecular complexity index is 532. The van der Waals surface area contributed by atoms with Crippen LogP contribution in [0.2, 0.25) is 0 Å². The molecule has 0 aromatic carbocycles. The third kappa shape index (κ3) is 4.28. The lowest BCUT2D eigenvalue weighted by molar-refractivity contribution is 0.262. The van der Waals surface area contributed by atoms with Crippen LogP contribution in [0.3, 0.4) is 0 Å². The van der Waals surface area contributed by atoms with Crippen LogP contribution in [-0.2, 0) is 16.6 Å². The number of hydrogen-bond acceptors (Lipinski definition) is 4. The molecule has 0 atom stereocenters. The molecule has 2 rings (SSSR count). The zero-order valence-corrected chi connectivity index (χ0v) is 14.6. The molecule has 1 saturated heterocycles. The van der Waals surface area contributed by atoms with E-state index in [1.54, 1.807) is 9.69 Å². The largest absolute Gasteiger partial charge is 0.312 e. The van der Waals surface area contributed by atoms with Crippen LogP contribution in [0.1, 0.15) is 44.4 Å². The van der Waals surface area contributed by atoms with E-state index in [4.69, 9.17) is 0 Å². The molecule has 1 aliphatic heterocycles. The van der Waals surface area contributed by atoms with Crippen molar-refractivity contribution in [2.45, 2.75) is 51.0 Å². The molecule has 1 fully saturated rings. The summed E-state index contributed by atoms with van der Waals surface area (Å²) in [6.45, 7) is 7.23.